The zero-order valence-electron chi connectivity index (χ0n) is 18.6. The number of nitrogens with zero attached hydrogens (tertiary/aromatic N) is 2. The predicted molar refractivity (Wildman–Crippen MR) is 126 cm³/mol. The van der Waals surface area contributed by atoms with Crippen LogP contribution in [0.1, 0.15) is 31.7 Å². The Morgan fingerprint density at radius 1 is 1.10 bits per heavy atom. The number of nitrogens with one attached hydrogen (secondary N) is 1. The number of sulfonamides is 1. The number of benzene rings is 2. The molecule has 0 saturated carbocycles. The largest absolute Gasteiger partial charge is 0.495 e. The maximum Gasteiger partial charge on any atom is 0.247 e. The first-order chi connectivity index (χ1) is 14.7. The van der Waals surface area contributed by atoms with Gasteiger partial charge in [0, 0.05) is 24.5 Å². The molecule has 0 aliphatic carbocycles. The summed E-state index contributed by atoms with van der Waals surface area (Å²) in [6.07, 6.45) is 4.75. The summed E-state index contributed by atoms with van der Waals surface area (Å²) in [5.74, 6) is -0.0266. The molecule has 0 radical (unpaired) electrons. The van der Waals surface area contributed by atoms with E-state index in [1.807, 2.05) is 37.3 Å². The van der Waals surface area contributed by atoms with Gasteiger partial charge in [0.2, 0.25) is 15.9 Å². The number of ether oxygens (including phenoxy) is 1. The molecule has 1 atom stereocenters. The van der Waals surface area contributed by atoms with E-state index in [4.69, 9.17) is 4.74 Å². The summed E-state index contributed by atoms with van der Waals surface area (Å²) in [4.78, 5) is 15.3. The number of amides is 1. The van der Waals surface area contributed by atoms with Crippen LogP contribution in [0, 0.1) is 6.92 Å². The number of carbonyl (C=O) groups is 1. The standard InChI is InChI=1S/C23H31N3O4S/c1-17-8-13-22(30-3)21(16-17)26(31(4,28)29)18(2)23(27)24-19-9-11-20(12-10-19)25-14-6-5-7-15-25/h8-13,16,18H,5-7,14-15H2,1-4H3,(H,24,27)/t18-/m1/s1. The molecule has 168 valence electrons. The van der Waals surface area contributed by atoms with E-state index in [0.717, 1.165) is 34.9 Å². The molecule has 1 N–H and O–H groups in total. The molecule has 2 aromatic carbocycles. The van der Waals surface area contributed by atoms with Crippen LogP contribution in [0.25, 0.3) is 0 Å². The Kier molecular flexibility index (Phi) is 7.10. The first kappa shape index (κ1) is 22.9. The molecule has 7 nitrogen and oxygen atoms in total. The van der Waals surface area contributed by atoms with Crippen molar-refractivity contribution in [3.63, 3.8) is 0 Å². The quantitative estimate of drug-likeness (QED) is 0.702. The van der Waals surface area contributed by atoms with Crippen LogP contribution in [-0.2, 0) is 14.8 Å². The smallest absolute Gasteiger partial charge is 0.247 e. The average Bonchev–Trinajstić information content (AvgIpc) is 2.74. The first-order valence-corrected chi connectivity index (χ1v) is 12.4. The highest BCUT2D eigenvalue weighted by atomic mass is 32.2. The molecule has 3 rings (SSSR count). The highest BCUT2D eigenvalue weighted by Gasteiger charge is 2.31. The lowest BCUT2D eigenvalue weighted by molar-refractivity contribution is -0.116. The molecule has 0 unspecified atom stereocenters. The maximum atomic E-state index is 13.0. The van der Waals surface area contributed by atoms with Crippen LogP contribution in [-0.4, -0.2) is 46.8 Å². The van der Waals surface area contributed by atoms with Crippen molar-refractivity contribution < 1.29 is 17.9 Å². The van der Waals surface area contributed by atoms with Crippen LogP contribution in [0.4, 0.5) is 17.1 Å². The summed E-state index contributed by atoms with van der Waals surface area (Å²) in [6, 6.07) is 12.0. The number of hydrogen-bond acceptors (Lipinski definition) is 5. The molecule has 0 spiro atoms. The summed E-state index contributed by atoms with van der Waals surface area (Å²) in [6.45, 7) is 5.52. The second-order valence-electron chi connectivity index (χ2n) is 7.99. The summed E-state index contributed by atoms with van der Waals surface area (Å²) < 4.78 is 31.7. The number of aryl methyl sites for hydroxylation is 1. The number of piperidine rings is 1. The van der Waals surface area contributed by atoms with Crippen LogP contribution in [0.3, 0.4) is 0 Å². The lowest BCUT2D eigenvalue weighted by Gasteiger charge is -2.30. The number of anilines is 3. The zero-order valence-corrected chi connectivity index (χ0v) is 19.4. The average molecular weight is 446 g/mol. The van der Waals surface area contributed by atoms with Crippen molar-refractivity contribution in [1.82, 2.24) is 0 Å². The van der Waals surface area contributed by atoms with Crippen LogP contribution in [0.5, 0.6) is 5.75 Å². The minimum Gasteiger partial charge on any atom is -0.495 e. The monoisotopic (exact) mass is 445 g/mol. The van der Waals surface area contributed by atoms with E-state index in [0.29, 0.717) is 17.1 Å². The van der Waals surface area contributed by atoms with Gasteiger partial charge in [0.25, 0.3) is 0 Å². The third kappa shape index (κ3) is 5.50. The van der Waals surface area contributed by atoms with E-state index in [-0.39, 0.29) is 0 Å². The minimum atomic E-state index is -3.74. The molecule has 0 aromatic heterocycles. The van der Waals surface area contributed by atoms with E-state index in [9.17, 15) is 13.2 Å². The highest BCUT2D eigenvalue weighted by molar-refractivity contribution is 7.92. The lowest BCUT2D eigenvalue weighted by atomic mass is 10.1. The SMILES string of the molecule is COc1ccc(C)cc1N([C@H](C)C(=O)Nc1ccc(N2CCCCC2)cc1)S(C)(=O)=O. The summed E-state index contributed by atoms with van der Waals surface area (Å²) in [5.41, 5.74) is 2.97. The van der Waals surface area contributed by atoms with Gasteiger partial charge in [-0.3, -0.25) is 9.10 Å². The first-order valence-electron chi connectivity index (χ1n) is 10.5. The molecule has 1 amide bonds. The summed E-state index contributed by atoms with van der Waals surface area (Å²) >= 11 is 0. The molecule has 1 aliphatic heterocycles. The lowest BCUT2D eigenvalue weighted by Crippen LogP contribution is -2.45. The molecule has 2 aromatic rings. The minimum absolute atomic E-state index is 0.341. The number of carbonyl (C=O) groups excluding carboxylic acids is 1. The van der Waals surface area contributed by atoms with Gasteiger partial charge in [-0.2, -0.15) is 0 Å². The van der Waals surface area contributed by atoms with Crippen molar-refractivity contribution in [2.45, 2.75) is 39.2 Å². The number of rotatable bonds is 7. The van der Waals surface area contributed by atoms with Gasteiger partial charge in [0.1, 0.15) is 11.8 Å². The van der Waals surface area contributed by atoms with Crippen LogP contribution in [0.15, 0.2) is 42.5 Å². The molecule has 1 heterocycles. The zero-order chi connectivity index (χ0) is 22.6. The van der Waals surface area contributed by atoms with Crippen molar-refractivity contribution in [1.29, 1.82) is 0 Å². The molecule has 0 bridgehead atoms. The molecule has 31 heavy (non-hydrogen) atoms. The van der Waals surface area contributed by atoms with Gasteiger partial charge in [-0.1, -0.05) is 6.07 Å². The van der Waals surface area contributed by atoms with Gasteiger partial charge in [-0.15, -0.1) is 0 Å². The van der Waals surface area contributed by atoms with Crippen LogP contribution >= 0.6 is 0 Å². The Morgan fingerprint density at radius 2 is 1.74 bits per heavy atom. The van der Waals surface area contributed by atoms with Crippen LogP contribution < -0.4 is 19.3 Å². The van der Waals surface area contributed by atoms with Crippen molar-refractivity contribution in [2.24, 2.45) is 0 Å². The molecule has 1 fully saturated rings. The number of methoxy groups -OCH3 is 1. The fraction of sp³-hybridized carbons (Fsp3) is 0.435. The topological polar surface area (TPSA) is 79.0 Å². The van der Waals surface area contributed by atoms with Crippen molar-refractivity contribution in [3.8, 4) is 5.75 Å². The third-order valence-corrected chi connectivity index (χ3v) is 6.74. The summed E-state index contributed by atoms with van der Waals surface area (Å²) in [7, 11) is -2.26. The van der Waals surface area contributed by atoms with E-state index in [1.54, 1.807) is 19.1 Å². The number of hydrogen-bond donors (Lipinski definition) is 1. The Morgan fingerprint density at radius 3 is 2.32 bits per heavy atom. The fourth-order valence-electron chi connectivity index (χ4n) is 3.91. The van der Waals surface area contributed by atoms with Gasteiger partial charge >= 0.3 is 0 Å². The van der Waals surface area contributed by atoms with Gasteiger partial charge in [-0.25, -0.2) is 8.42 Å². The van der Waals surface area contributed by atoms with E-state index in [1.165, 1.54) is 26.4 Å². The Hall–Kier alpha value is -2.74. The predicted octanol–water partition coefficient (Wildman–Crippen LogP) is 3.79. The molecule has 1 saturated heterocycles. The van der Waals surface area contributed by atoms with E-state index >= 15 is 0 Å². The van der Waals surface area contributed by atoms with Crippen molar-refractivity contribution in [3.05, 3.63) is 48.0 Å². The van der Waals surface area contributed by atoms with E-state index in [2.05, 4.69) is 10.2 Å². The third-order valence-electron chi connectivity index (χ3n) is 5.52. The van der Waals surface area contributed by atoms with Crippen molar-refractivity contribution in [2.75, 3.05) is 41.0 Å². The summed E-state index contributed by atoms with van der Waals surface area (Å²) in [5, 5.41) is 2.84. The Bertz CT molecular complexity index is 1020. The molecular weight excluding hydrogens is 414 g/mol. The molecule has 1 aliphatic rings. The van der Waals surface area contributed by atoms with Gasteiger partial charge in [0.15, 0.2) is 0 Å². The van der Waals surface area contributed by atoms with Gasteiger partial charge in [0.05, 0.1) is 19.1 Å². The van der Waals surface area contributed by atoms with Crippen LogP contribution in [0.2, 0.25) is 0 Å². The van der Waals surface area contributed by atoms with Gasteiger partial charge < -0.3 is 15.0 Å². The Labute approximate surface area is 185 Å². The van der Waals surface area contributed by atoms with E-state index < -0.39 is 22.0 Å². The van der Waals surface area contributed by atoms with Gasteiger partial charge in [-0.05, 0) is 75.1 Å². The second-order valence-corrected chi connectivity index (χ2v) is 9.85. The second kappa shape index (κ2) is 9.60. The normalized spacial score (nSPS) is 15.3. The Balaban J connectivity index is 1.80. The van der Waals surface area contributed by atoms with Crippen molar-refractivity contribution >= 4 is 33.0 Å². The highest BCUT2D eigenvalue weighted by Crippen LogP contribution is 2.33. The fourth-order valence-corrected chi connectivity index (χ4v) is 5.08. The molecular formula is C23H31N3O4S. The maximum absolute atomic E-state index is 13.0. The molecule has 8 heteroatoms.